The number of methoxy groups -OCH3 is 1. The van der Waals surface area contributed by atoms with Crippen LogP contribution < -0.4 is 10.2 Å². The second-order valence-electron chi connectivity index (χ2n) is 8.54. The van der Waals surface area contributed by atoms with Crippen molar-refractivity contribution in [1.82, 2.24) is 14.9 Å². The fourth-order valence-electron chi connectivity index (χ4n) is 3.27. The maximum atomic E-state index is 12.4. The van der Waals surface area contributed by atoms with E-state index in [0.717, 1.165) is 49.2 Å². The number of anilines is 2. The summed E-state index contributed by atoms with van der Waals surface area (Å²) in [6.07, 6.45) is 0. The molecule has 1 aromatic carbocycles. The van der Waals surface area contributed by atoms with Crippen LogP contribution in [0.5, 0.6) is 0 Å². The number of nitrogens with one attached hydrogen (secondary N) is 1. The maximum Gasteiger partial charge on any atom is 0.238 e. The Kier molecular flexibility index (Phi) is 7.28. The van der Waals surface area contributed by atoms with Crippen molar-refractivity contribution in [2.75, 3.05) is 50.1 Å². The van der Waals surface area contributed by atoms with Crippen LogP contribution in [-0.2, 0) is 21.6 Å². The fraction of sp³-hybridized carbons (Fsp3) is 0.500. The van der Waals surface area contributed by atoms with Crippen LogP contribution in [0.15, 0.2) is 30.3 Å². The van der Waals surface area contributed by atoms with Gasteiger partial charge < -0.3 is 15.0 Å². The largest absolute Gasteiger partial charge is 0.378 e. The molecule has 1 fully saturated rings. The van der Waals surface area contributed by atoms with Gasteiger partial charge in [-0.05, 0) is 24.3 Å². The Hall–Kier alpha value is -2.22. The van der Waals surface area contributed by atoms with E-state index in [-0.39, 0.29) is 11.3 Å². The molecule has 0 aliphatic carbocycles. The Labute approximate surface area is 183 Å². The average molecular weight is 432 g/mol. The molecule has 2 heterocycles. The summed E-state index contributed by atoms with van der Waals surface area (Å²) < 4.78 is 5.29. The summed E-state index contributed by atoms with van der Waals surface area (Å²) in [4.78, 5) is 26.2. The number of hydrogen-bond donors (Lipinski definition) is 1. The van der Waals surface area contributed by atoms with Gasteiger partial charge in [0.05, 0.1) is 18.8 Å². The van der Waals surface area contributed by atoms with Crippen LogP contribution in [0.25, 0.3) is 0 Å². The third-order valence-corrected chi connectivity index (χ3v) is 5.17. The van der Waals surface area contributed by atoms with Gasteiger partial charge in [-0.2, -0.15) is 0 Å². The highest BCUT2D eigenvalue weighted by molar-refractivity contribution is 6.30. The summed E-state index contributed by atoms with van der Waals surface area (Å²) in [5.41, 5.74) is 1.50. The Bertz CT molecular complexity index is 859. The van der Waals surface area contributed by atoms with Crippen molar-refractivity contribution in [1.29, 1.82) is 0 Å². The van der Waals surface area contributed by atoms with Crippen molar-refractivity contribution >= 4 is 29.0 Å². The molecule has 7 nitrogen and oxygen atoms in total. The highest BCUT2D eigenvalue weighted by Gasteiger charge is 2.24. The van der Waals surface area contributed by atoms with Gasteiger partial charge in [-0.25, -0.2) is 9.97 Å². The Balaban J connectivity index is 1.59. The van der Waals surface area contributed by atoms with Gasteiger partial charge in [0.2, 0.25) is 5.91 Å². The van der Waals surface area contributed by atoms with E-state index < -0.39 is 0 Å². The average Bonchev–Trinajstić information content (AvgIpc) is 2.70. The molecule has 1 saturated heterocycles. The molecule has 0 unspecified atom stereocenters. The van der Waals surface area contributed by atoms with Crippen molar-refractivity contribution in [3.63, 3.8) is 0 Å². The Morgan fingerprint density at radius 1 is 1.13 bits per heavy atom. The molecule has 0 atom stereocenters. The molecule has 1 aliphatic rings. The van der Waals surface area contributed by atoms with Gasteiger partial charge in [0.1, 0.15) is 11.6 Å². The topological polar surface area (TPSA) is 70.6 Å². The minimum atomic E-state index is -0.139. The van der Waals surface area contributed by atoms with E-state index in [1.165, 1.54) is 0 Å². The lowest BCUT2D eigenvalue weighted by Crippen LogP contribution is -2.49. The van der Waals surface area contributed by atoms with Crippen LogP contribution in [-0.4, -0.2) is 60.6 Å². The third kappa shape index (κ3) is 6.14. The number of amides is 1. The molecule has 1 aliphatic heterocycles. The summed E-state index contributed by atoms with van der Waals surface area (Å²) >= 11 is 5.89. The molecule has 3 rings (SSSR count). The quantitative estimate of drug-likeness (QED) is 0.756. The number of rotatable bonds is 6. The monoisotopic (exact) mass is 431 g/mol. The first-order valence-corrected chi connectivity index (χ1v) is 10.5. The third-order valence-electron chi connectivity index (χ3n) is 4.92. The van der Waals surface area contributed by atoms with Crippen LogP contribution in [0.1, 0.15) is 32.3 Å². The number of aromatic nitrogens is 2. The Morgan fingerprint density at radius 2 is 1.80 bits per heavy atom. The number of halogens is 1. The van der Waals surface area contributed by atoms with Crippen LogP contribution >= 0.6 is 11.6 Å². The highest BCUT2D eigenvalue weighted by Crippen LogP contribution is 2.23. The smallest absolute Gasteiger partial charge is 0.238 e. The van der Waals surface area contributed by atoms with E-state index >= 15 is 0 Å². The maximum absolute atomic E-state index is 12.4. The predicted octanol–water partition coefficient (Wildman–Crippen LogP) is 3.33. The van der Waals surface area contributed by atoms with Crippen molar-refractivity contribution in [3.8, 4) is 0 Å². The van der Waals surface area contributed by atoms with Crippen LogP contribution in [0.3, 0.4) is 0 Å². The molecule has 2 aromatic rings. The van der Waals surface area contributed by atoms with E-state index in [2.05, 4.69) is 40.9 Å². The lowest BCUT2D eigenvalue weighted by molar-refractivity contribution is -0.117. The van der Waals surface area contributed by atoms with Gasteiger partial charge in [-0.1, -0.05) is 32.4 Å². The van der Waals surface area contributed by atoms with E-state index in [1.807, 2.05) is 6.07 Å². The van der Waals surface area contributed by atoms with Gasteiger partial charge in [0, 0.05) is 55.5 Å². The minimum Gasteiger partial charge on any atom is -0.378 e. The van der Waals surface area contributed by atoms with Crippen molar-refractivity contribution in [3.05, 3.63) is 46.9 Å². The molecular formula is C22H30ClN5O2. The fourth-order valence-corrected chi connectivity index (χ4v) is 3.40. The summed E-state index contributed by atoms with van der Waals surface area (Å²) in [5.74, 6) is 1.72. The summed E-state index contributed by atoms with van der Waals surface area (Å²) in [6.45, 7) is 10.4. The molecule has 0 radical (unpaired) electrons. The molecule has 1 aromatic heterocycles. The van der Waals surface area contributed by atoms with Gasteiger partial charge in [0.25, 0.3) is 0 Å². The number of carbonyl (C=O) groups excluding carboxylic acids is 1. The summed E-state index contributed by atoms with van der Waals surface area (Å²) in [5, 5.41) is 3.57. The van der Waals surface area contributed by atoms with E-state index in [4.69, 9.17) is 21.3 Å². The molecule has 0 spiro atoms. The molecule has 162 valence electrons. The van der Waals surface area contributed by atoms with Crippen LogP contribution in [0.2, 0.25) is 5.02 Å². The van der Waals surface area contributed by atoms with Crippen molar-refractivity contribution < 1.29 is 9.53 Å². The second kappa shape index (κ2) is 9.73. The number of ether oxygens (including phenoxy) is 1. The molecular weight excluding hydrogens is 402 g/mol. The first kappa shape index (κ1) is 22.5. The van der Waals surface area contributed by atoms with Crippen LogP contribution in [0, 0.1) is 0 Å². The van der Waals surface area contributed by atoms with E-state index in [1.54, 1.807) is 31.4 Å². The zero-order valence-corrected chi connectivity index (χ0v) is 18.9. The molecule has 8 heteroatoms. The number of benzene rings is 1. The SMILES string of the molecule is COCc1cc(N2CCN(CC(=O)Nc3ccc(Cl)cc3)CC2)nc(C(C)(C)C)n1. The number of hydrogen-bond acceptors (Lipinski definition) is 6. The Morgan fingerprint density at radius 3 is 2.40 bits per heavy atom. The minimum absolute atomic E-state index is 0.0230. The number of nitrogens with zero attached hydrogens (tertiary/aromatic N) is 4. The predicted molar refractivity (Wildman–Crippen MR) is 120 cm³/mol. The van der Waals surface area contributed by atoms with E-state index in [0.29, 0.717) is 18.2 Å². The normalized spacial score (nSPS) is 15.3. The molecule has 0 saturated carbocycles. The zero-order chi connectivity index (χ0) is 21.7. The van der Waals surface area contributed by atoms with Crippen LogP contribution in [0.4, 0.5) is 11.5 Å². The number of piperazine rings is 1. The summed E-state index contributed by atoms with van der Waals surface area (Å²) in [7, 11) is 1.67. The molecule has 1 N–H and O–H groups in total. The zero-order valence-electron chi connectivity index (χ0n) is 18.1. The lowest BCUT2D eigenvalue weighted by atomic mass is 9.95. The van der Waals surface area contributed by atoms with Gasteiger partial charge >= 0.3 is 0 Å². The number of carbonyl (C=O) groups is 1. The first-order valence-electron chi connectivity index (χ1n) is 10.1. The van der Waals surface area contributed by atoms with Crippen molar-refractivity contribution in [2.24, 2.45) is 0 Å². The van der Waals surface area contributed by atoms with Gasteiger partial charge in [-0.3, -0.25) is 9.69 Å². The molecule has 0 bridgehead atoms. The molecule has 1 amide bonds. The van der Waals surface area contributed by atoms with Gasteiger partial charge in [0.15, 0.2) is 0 Å². The standard InChI is InChI=1S/C22H30ClN5O2/c1-22(2,3)21-25-18(15-30-4)13-19(26-21)28-11-9-27(10-12-28)14-20(29)24-17-7-5-16(23)6-8-17/h5-8,13H,9-12,14-15H2,1-4H3,(H,24,29). The van der Waals surface area contributed by atoms with Gasteiger partial charge in [-0.15, -0.1) is 0 Å². The highest BCUT2D eigenvalue weighted by atomic mass is 35.5. The lowest BCUT2D eigenvalue weighted by Gasteiger charge is -2.35. The second-order valence-corrected chi connectivity index (χ2v) is 8.98. The van der Waals surface area contributed by atoms with E-state index in [9.17, 15) is 4.79 Å². The first-order chi connectivity index (χ1) is 14.2. The molecule has 30 heavy (non-hydrogen) atoms. The summed E-state index contributed by atoms with van der Waals surface area (Å²) in [6, 6.07) is 9.14. The van der Waals surface area contributed by atoms with Crippen molar-refractivity contribution in [2.45, 2.75) is 32.8 Å².